The molecule has 0 radical (unpaired) electrons. The molecular weight excluding hydrogens is 606 g/mol. The fourth-order valence-electron chi connectivity index (χ4n) is 3.81. The number of esters is 3. The van der Waals surface area contributed by atoms with Crippen molar-refractivity contribution in [2.24, 2.45) is 17.3 Å². The monoisotopic (exact) mass is 637 g/mol. The molecule has 202 valence electrons. The molecule has 0 spiro atoms. The molecule has 2 aliphatic heterocycles. The Bertz CT molecular complexity index is 892. The van der Waals surface area contributed by atoms with Crippen LogP contribution in [0.3, 0.4) is 0 Å². The number of nitrogens with zero attached hydrogens (tertiary/aromatic N) is 1. The van der Waals surface area contributed by atoms with Gasteiger partial charge in [-0.2, -0.15) is 0 Å². The van der Waals surface area contributed by atoms with Gasteiger partial charge in [-0.15, -0.1) is 6.58 Å². The van der Waals surface area contributed by atoms with Crippen molar-refractivity contribution in [1.29, 1.82) is 0 Å². The lowest BCUT2D eigenvalue weighted by molar-refractivity contribution is -0.172. The third kappa shape index (κ3) is 6.74. The maximum absolute atomic E-state index is 13.0. The minimum absolute atomic E-state index is 0.147. The number of alkyl halides is 2. The van der Waals surface area contributed by atoms with Crippen molar-refractivity contribution >= 4 is 61.6 Å². The Morgan fingerprint density at radius 3 is 1.83 bits per heavy atom. The van der Waals surface area contributed by atoms with Gasteiger partial charge in [0.15, 0.2) is 0 Å². The summed E-state index contributed by atoms with van der Waals surface area (Å²) in [5, 5.41) is 0. The number of amides is 2. The van der Waals surface area contributed by atoms with Gasteiger partial charge < -0.3 is 18.9 Å². The number of hydrogen-bond donors (Lipinski definition) is 0. The minimum atomic E-state index is -1.53. The molecule has 2 rings (SSSR count). The number of likely N-dealkylation sites (tertiary alicyclic amines) is 1. The molecule has 2 unspecified atom stereocenters. The summed E-state index contributed by atoms with van der Waals surface area (Å²) in [6.07, 6.45) is 0.512. The number of carbonyl (C=O) groups is 5. The summed E-state index contributed by atoms with van der Waals surface area (Å²) < 4.78 is 19.6. The predicted molar refractivity (Wildman–Crippen MR) is 135 cm³/mol. The average molecular weight is 639 g/mol. The largest absolute Gasteiger partial charge is 0.463 e. The third-order valence-corrected chi connectivity index (χ3v) is 6.66. The molecule has 2 saturated heterocycles. The van der Waals surface area contributed by atoms with Gasteiger partial charge in [-0.1, -0.05) is 37.9 Å². The van der Waals surface area contributed by atoms with E-state index in [4.69, 9.17) is 18.9 Å². The van der Waals surface area contributed by atoms with Crippen LogP contribution in [0.1, 0.15) is 41.5 Å². The van der Waals surface area contributed by atoms with Crippen molar-refractivity contribution in [2.75, 3.05) is 26.4 Å². The van der Waals surface area contributed by atoms with Crippen LogP contribution in [0.2, 0.25) is 0 Å². The Morgan fingerprint density at radius 1 is 0.917 bits per heavy atom. The molecule has 2 aliphatic rings. The van der Waals surface area contributed by atoms with Crippen LogP contribution in [0.4, 0.5) is 0 Å². The fourth-order valence-corrected chi connectivity index (χ4v) is 4.04. The Kier molecular flexibility index (Phi) is 9.56. The molecule has 4 atom stereocenters. The van der Waals surface area contributed by atoms with Crippen LogP contribution in [0, 0.1) is 17.3 Å². The lowest BCUT2D eigenvalue weighted by Gasteiger charge is -2.29. The normalized spacial score (nSPS) is 24.4. The summed E-state index contributed by atoms with van der Waals surface area (Å²) in [6, 6.07) is 0. The molecule has 2 amide bonds. The van der Waals surface area contributed by atoms with Gasteiger partial charge in [0.2, 0.25) is 11.8 Å². The molecule has 0 saturated carbocycles. The maximum Gasteiger partial charge on any atom is 0.322 e. The maximum atomic E-state index is 13.0. The van der Waals surface area contributed by atoms with E-state index in [1.165, 1.54) is 13.0 Å². The van der Waals surface area contributed by atoms with Crippen LogP contribution in [0.25, 0.3) is 0 Å². The topological polar surface area (TPSA) is 126 Å². The van der Waals surface area contributed by atoms with Crippen molar-refractivity contribution < 1.29 is 42.9 Å². The van der Waals surface area contributed by atoms with Crippen LogP contribution >= 0.6 is 31.9 Å². The molecule has 2 heterocycles. The second kappa shape index (κ2) is 11.3. The first-order chi connectivity index (χ1) is 16.4. The lowest BCUT2D eigenvalue weighted by atomic mass is 9.90. The first kappa shape index (κ1) is 30.4. The van der Waals surface area contributed by atoms with Gasteiger partial charge in [-0.05, 0) is 41.5 Å². The van der Waals surface area contributed by atoms with Gasteiger partial charge in [-0.3, -0.25) is 28.9 Å². The number of imide groups is 1. The van der Waals surface area contributed by atoms with Crippen LogP contribution in [0.15, 0.2) is 12.7 Å². The zero-order chi connectivity index (χ0) is 27.6. The number of carbonyl (C=O) groups excluding carboxylic acids is 5. The minimum Gasteiger partial charge on any atom is -0.463 e. The lowest BCUT2D eigenvalue weighted by Crippen LogP contribution is -2.44. The molecular formula is C24H33Br2NO9. The summed E-state index contributed by atoms with van der Waals surface area (Å²) >= 11 is 6.39. The second-order valence-corrected chi connectivity index (χ2v) is 14.2. The number of hydrogen-bond acceptors (Lipinski definition) is 9. The van der Waals surface area contributed by atoms with Crippen LogP contribution in [0.5, 0.6) is 0 Å². The van der Waals surface area contributed by atoms with Crippen molar-refractivity contribution in [3.05, 3.63) is 12.7 Å². The van der Waals surface area contributed by atoms with Crippen LogP contribution in [-0.4, -0.2) is 81.8 Å². The van der Waals surface area contributed by atoms with Gasteiger partial charge in [0.05, 0.1) is 30.6 Å². The summed E-state index contributed by atoms with van der Waals surface area (Å²) in [5.74, 6) is -4.11. The average Bonchev–Trinajstić information content (AvgIpc) is 3.24. The summed E-state index contributed by atoms with van der Waals surface area (Å²) in [5.41, 5.74) is -1.53. The van der Waals surface area contributed by atoms with E-state index >= 15 is 0 Å². The van der Waals surface area contributed by atoms with E-state index in [1.807, 2.05) is 0 Å². The predicted octanol–water partition coefficient (Wildman–Crippen LogP) is 2.54. The fraction of sp³-hybridized carbons (Fsp3) is 0.708. The highest BCUT2D eigenvalue weighted by molar-refractivity contribution is 9.10. The number of rotatable bonds is 11. The first-order valence-electron chi connectivity index (χ1n) is 11.5. The Balaban J connectivity index is 2.06. The van der Waals surface area contributed by atoms with Gasteiger partial charge in [0.25, 0.3) is 0 Å². The number of halogens is 2. The summed E-state index contributed by atoms with van der Waals surface area (Å²) in [7, 11) is 0. The van der Waals surface area contributed by atoms with Crippen LogP contribution < -0.4 is 0 Å². The Hall–Kier alpha value is -1.79. The molecule has 12 heteroatoms. The molecule has 0 aromatic carbocycles. The van der Waals surface area contributed by atoms with Gasteiger partial charge in [-0.25, -0.2) is 0 Å². The third-order valence-electron chi connectivity index (χ3n) is 6.01. The first-order valence-corrected chi connectivity index (χ1v) is 13.1. The zero-order valence-electron chi connectivity index (χ0n) is 21.3. The van der Waals surface area contributed by atoms with Crippen molar-refractivity contribution in [1.82, 2.24) is 4.90 Å². The van der Waals surface area contributed by atoms with Crippen molar-refractivity contribution in [3.8, 4) is 0 Å². The molecule has 0 bridgehead atoms. The van der Waals surface area contributed by atoms with Crippen LogP contribution in [-0.2, 0) is 42.9 Å². The smallest absolute Gasteiger partial charge is 0.322 e. The Labute approximate surface area is 227 Å². The molecule has 0 aromatic rings. The Morgan fingerprint density at radius 2 is 1.39 bits per heavy atom. The summed E-state index contributed by atoms with van der Waals surface area (Å²) in [4.78, 5) is 64.2. The molecule has 0 aliphatic carbocycles. The highest BCUT2D eigenvalue weighted by Crippen LogP contribution is 2.40. The van der Waals surface area contributed by atoms with Crippen molar-refractivity contribution in [2.45, 2.75) is 62.4 Å². The molecule has 36 heavy (non-hydrogen) atoms. The van der Waals surface area contributed by atoms with Gasteiger partial charge in [0, 0.05) is 0 Å². The van der Waals surface area contributed by atoms with E-state index in [1.54, 1.807) is 34.6 Å². The second-order valence-electron chi connectivity index (χ2n) is 10.2. The van der Waals surface area contributed by atoms with E-state index in [0.29, 0.717) is 0 Å². The molecule has 0 N–H and O–H groups in total. The number of fused-ring (bicyclic) bond motifs is 1. The van der Waals surface area contributed by atoms with E-state index < -0.39 is 75.1 Å². The quantitative estimate of drug-likeness (QED) is 0.110. The van der Waals surface area contributed by atoms with E-state index in [9.17, 15) is 24.0 Å². The molecule has 2 fully saturated rings. The summed E-state index contributed by atoms with van der Waals surface area (Å²) in [6.45, 7) is 11.9. The van der Waals surface area contributed by atoms with E-state index in [0.717, 1.165) is 4.90 Å². The standard InChI is InChI=1S/C24H33Br2NO9/c1-8-14-16-15(13(2)36-14)17(28)27(18(16)29)9-10-33-21(32)24(7,11-34-19(30)22(3,4)25)12-35-20(31)23(5,6)26/h8,13-16H,1,9-12H2,2-7H3/t13?,14?,15-,16+/m1/s1. The van der Waals surface area contributed by atoms with Gasteiger partial charge >= 0.3 is 17.9 Å². The highest BCUT2D eigenvalue weighted by Gasteiger charge is 2.57. The highest BCUT2D eigenvalue weighted by atomic mass is 79.9. The van der Waals surface area contributed by atoms with Crippen molar-refractivity contribution in [3.63, 3.8) is 0 Å². The molecule has 0 aromatic heterocycles. The number of ether oxygens (including phenoxy) is 4. The molecule has 10 nitrogen and oxygen atoms in total. The van der Waals surface area contributed by atoms with Gasteiger partial charge in [0.1, 0.15) is 33.9 Å². The SMILES string of the molecule is C=CC1OC(C)[C@H]2C(=O)N(CCOC(=O)C(C)(COC(=O)C(C)(C)Br)COC(=O)C(C)(C)Br)C(=O)[C@@H]12. The van der Waals surface area contributed by atoms with E-state index in [-0.39, 0.29) is 19.1 Å². The zero-order valence-corrected chi connectivity index (χ0v) is 24.5. The van der Waals surface area contributed by atoms with E-state index in [2.05, 4.69) is 38.4 Å².